The molecule has 1 aromatic rings. The lowest BCUT2D eigenvalue weighted by atomic mass is 10.0. The molecule has 1 rings (SSSR count). The van der Waals surface area contributed by atoms with Crippen molar-refractivity contribution in [1.29, 1.82) is 0 Å². The van der Waals surface area contributed by atoms with E-state index < -0.39 is 32.6 Å². The summed E-state index contributed by atoms with van der Waals surface area (Å²) in [5, 5.41) is 8.92. The second-order valence-corrected chi connectivity index (χ2v) is 6.53. The first-order chi connectivity index (χ1) is 9.31. The van der Waals surface area contributed by atoms with Gasteiger partial charge in [0, 0.05) is 5.02 Å². The molecule has 0 aromatic heterocycles. The molecule has 0 aliphatic carbocycles. The largest absolute Gasteiger partial charge is 0.480 e. The molecule has 1 aromatic carbocycles. The Balaban J connectivity index is 3.35. The summed E-state index contributed by atoms with van der Waals surface area (Å²) in [6.07, 6.45) is -5.31. The second kappa shape index (κ2) is 5.47. The van der Waals surface area contributed by atoms with E-state index in [1.54, 1.807) is 0 Å². The van der Waals surface area contributed by atoms with Crippen molar-refractivity contribution in [2.24, 2.45) is 0 Å². The number of carboxylic acids is 1. The SMILES string of the molecule is Cc1cc(Cl)ccc1S(=O)(=O)NC(C)(C(=O)O)C(F)(F)F. The summed E-state index contributed by atoms with van der Waals surface area (Å²) in [7, 11) is -4.70. The zero-order chi connectivity index (χ0) is 16.6. The van der Waals surface area contributed by atoms with Crippen LogP contribution in [0.25, 0.3) is 0 Å². The number of benzene rings is 1. The monoisotopic (exact) mass is 345 g/mol. The number of nitrogens with one attached hydrogen (secondary N) is 1. The van der Waals surface area contributed by atoms with E-state index in [-0.39, 0.29) is 17.5 Å². The number of rotatable bonds is 4. The third kappa shape index (κ3) is 3.47. The first-order valence-electron chi connectivity index (χ1n) is 5.41. The van der Waals surface area contributed by atoms with Crippen LogP contribution in [0.15, 0.2) is 23.1 Å². The van der Waals surface area contributed by atoms with Crippen molar-refractivity contribution in [3.63, 3.8) is 0 Å². The summed E-state index contributed by atoms with van der Waals surface area (Å²) in [5.74, 6) is -2.36. The van der Waals surface area contributed by atoms with Crippen LogP contribution in [0, 0.1) is 6.92 Å². The summed E-state index contributed by atoms with van der Waals surface area (Å²) in [5.41, 5.74) is -3.55. The molecule has 0 saturated carbocycles. The Hall–Kier alpha value is -1.32. The van der Waals surface area contributed by atoms with Gasteiger partial charge in [-0.2, -0.15) is 17.9 Å². The summed E-state index contributed by atoms with van der Waals surface area (Å²) in [6.45, 7) is 1.56. The number of hydrogen-bond acceptors (Lipinski definition) is 3. The van der Waals surface area contributed by atoms with Crippen molar-refractivity contribution >= 4 is 27.6 Å². The molecule has 2 N–H and O–H groups in total. The lowest BCUT2D eigenvalue weighted by Crippen LogP contribution is -2.61. The zero-order valence-corrected chi connectivity index (χ0v) is 12.4. The van der Waals surface area contributed by atoms with Gasteiger partial charge in [0.1, 0.15) is 0 Å². The van der Waals surface area contributed by atoms with E-state index in [4.69, 9.17) is 16.7 Å². The van der Waals surface area contributed by atoms with E-state index in [1.165, 1.54) is 23.8 Å². The van der Waals surface area contributed by atoms with Gasteiger partial charge in [0.25, 0.3) is 0 Å². The highest BCUT2D eigenvalue weighted by Crippen LogP contribution is 2.32. The fraction of sp³-hybridized carbons (Fsp3) is 0.364. The Labute approximate surface area is 123 Å². The maximum absolute atomic E-state index is 12.8. The summed E-state index contributed by atoms with van der Waals surface area (Å²) in [4.78, 5) is 10.4. The van der Waals surface area contributed by atoms with E-state index in [2.05, 4.69) is 0 Å². The Morgan fingerprint density at radius 1 is 1.33 bits per heavy atom. The van der Waals surface area contributed by atoms with Gasteiger partial charge >= 0.3 is 12.1 Å². The Morgan fingerprint density at radius 2 is 1.86 bits per heavy atom. The average Bonchev–Trinajstić information content (AvgIpc) is 2.25. The van der Waals surface area contributed by atoms with Gasteiger partial charge < -0.3 is 5.11 Å². The highest BCUT2D eigenvalue weighted by Gasteiger charge is 2.59. The minimum atomic E-state index is -5.31. The van der Waals surface area contributed by atoms with Gasteiger partial charge in [-0.15, -0.1) is 0 Å². The predicted molar refractivity (Wildman–Crippen MR) is 68.6 cm³/mol. The van der Waals surface area contributed by atoms with Gasteiger partial charge in [-0.1, -0.05) is 11.6 Å². The third-order valence-corrected chi connectivity index (χ3v) is 4.71. The van der Waals surface area contributed by atoms with Crippen molar-refractivity contribution in [3.05, 3.63) is 28.8 Å². The minimum absolute atomic E-state index is 0.0879. The molecule has 0 fully saturated rings. The van der Waals surface area contributed by atoms with Gasteiger partial charge in [0.2, 0.25) is 15.6 Å². The van der Waals surface area contributed by atoms with Crippen LogP contribution in [-0.2, 0) is 14.8 Å². The second-order valence-electron chi connectivity index (χ2n) is 4.44. The molecule has 21 heavy (non-hydrogen) atoms. The molecule has 0 aliphatic heterocycles. The van der Waals surface area contributed by atoms with Crippen LogP contribution < -0.4 is 4.72 Å². The molecule has 118 valence electrons. The molecular formula is C11H11ClF3NO4S. The molecule has 1 unspecified atom stereocenters. The molecule has 1 atom stereocenters. The molecule has 0 radical (unpaired) electrons. The van der Waals surface area contributed by atoms with Crippen molar-refractivity contribution in [2.45, 2.75) is 30.5 Å². The average molecular weight is 346 g/mol. The number of alkyl halides is 3. The maximum Gasteiger partial charge on any atom is 0.418 e. The molecule has 0 saturated heterocycles. The standard InChI is InChI=1S/C11H11ClF3NO4S/c1-6-5-7(12)3-4-8(6)21(19,20)16-10(2,9(17)18)11(13,14)15/h3-5,16H,1-2H3,(H,17,18). The van der Waals surface area contributed by atoms with Crippen LogP contribution in [0.2, 0.25) is 5.02 Å². The number of carbonyl (C=O) groups is 1. The van der Waals surface area contributed by atoms with Crippen LogP contribution >= 0.6 is 11.6 Å². The molecular weight excluding hydrogens is 335 g/mol. The smallest absolute Gasteiger partial charge is 0.418 e. The number of aryl methyl sites for hydroxylation is 1. The lowest BCUT2D eigenvalue weighted by molar-refractivity contribution is -0.201. The number of aliphatic carboxylic acids is 1. The number of carboxylic acid groups (broad SMARTS) is 1. The molecule has 0 bridgehead atoms. The molecule has 0 amide bonds. The van der Waals surface area contributed by atoms with Gasteiger partial charge in [0.15, 0.2) is 0 Å². The fourth-order valence-corrected chi connectivity index (χ4v) is 3.27. The van der Waals surface area contributed by atoms with Crippen LogP contribution in [0.1, 0.15) is 12.5 Å². The zero-order valence-electron chi connectivity index (χ0n) is 10.8. The van der Waals surface area contributed by atoms with Crippen molar-refractivity contribution in [1.82, 2.24) is 4.72 Å². The van der Waals surface area contributed by atoms with Crippen LogP contribution in [0.3, 0.4) is 0 Å². The highest BCUT2D eigenvalue weighted by atomic mass is 35.5. The van der Waals surface area contributed by atoms with Gasteiger partial charge in [-0.3, -0.25) is 0 Å². The van der Waals surface area contributed by atoms with Gasteiger partial charge in [0.05, 0.1) is 4.90 Å². The molecule has 0 aliphatic rings. The number of sulfonamides is 1. The van der Waals surface area contributed by atoms with Crippen molar-refractivity contribution in [2.75, 3.05) is 0 Å². The highest BCUT2D eigenvalue weighted by molar-refractivity contribution is 7.89. The fourth-order valence-electron chi connectivity index (χ4n) is 1.46. The summed E-state index contributed by atoms with van der Waals surface area (Å²) in [6, 6.07) is 3.41. The van der Waals surface area contributed by atoms with Gasteiger partial charge in [-0.25, -0.2) is 13.2 Å². The Kier molecular flexibility index (Phi) is 4.62. The molecule has 10 heteroatoms. The first kappa shape index (κ1) is 17.7. The summed E-state index contributed by atoms with van der Waals surface area (Å²) < 4.78 is 63.7. The van der Waals surface area contributed by atoms with E-state index in [0.29, 0.717) is 0 Å². The molecule has 5 nitrogen and oxygen atoms in total. The van der Waals surface area contributed by atoms with Crippen molar-refractivity contribution < 1.29 is 31.5 Å². The van der Waals surface area contributed by atoms with E-state index >= 15 is 0 Å². The number of hydrogen-bond donors (Lipinski definition) is 2. The molecule has 0 spiro atoms. The minimum Gasteiger partial charge on any atom is -0.480 e. The van der Waals surface area contributed by atoms with Crippen LogP contribution in [0.5, 0.6) is 0 Å². The number of halogens is 4. The summed E-state index contributed by atoms with van der Waals surface area (Å²) >= 11 is 5.63. The van der Waals surface area contributed by atoms with Crippen molar-refractivity contribution in [3.8, 4) is 0 Å². The van der Waals surface area contributed by atoms with E-state index in [9.17, 15) is 26.4 Å². The van der Waals surface area contributed by atoms with Gasteiger partial charge in [-0.05, 0) is 37.6 Å². The van der Waals surface area contributed by atoms with E-state index in [0.717, 1.165) is 6.07 Å². The quantitative estimate of drug-likeness (QED) is 0.877. The molecule has 0 heterocycles. The van der Waals surface area contributed by atoms with Crippen LogP contribution in [0.4, 0.5) is 13.2 Å². The maximum atomic E-state index is 12.8. The Morgan fingerprint density at radius 3 is 2.24 bits per heavy atom. The topological polar surface area (TPSA) is 83.5 Å². The van der Waals surface area contributed by atoms with E-state index in [1.807, 2.05) is 0 Å². The predicted octanol–water partition coefficient (Wildman–Crippen LogP) is 2.33. The lowest BCUT2D eigenvalue weighted by Gasteiger charge is -2.28. The third-order valence-electron chi connectivity index (χ3n) is 2.76. The first-order valence-corrected chi connectivity index (χ1v) is 7.27. The normalized spacial score (nSPS) is 15.5. The Bertz CT molecular complexity index is 675. The van der Waals surface area contributed by atoms with Crippen LogP contribution in [-0.4, -0.2) is 31.2 Å².